The average Bonchev–Trinajstić information content (AvgIpc) is 2.71. The molecule has 150 valence electrons. The second-order valence-corrected chi connectivity index (χ2v) is 6.54. The van der Waals surface area contributed by atoms with E-state index in [0.29, 0.717) is 51.4 Å². The number of aromatic nitrogens is 1. The van der Waals surface area contributed by atoms with Gasteiger partial charge < -0.3 is 14.5 Å². The third kappa shape index (κ3) is 5.37. The van der Waals surface area contributed by atoms with E-state index in [1.165, 1.54) is 6.07 Å². The van der Waals surface area contributed by atoms with Gasteiger partial charge >= 0.3 is 6.18 Å². The summed E-state index contributed by atoms with van der Waals surface area (Å²) in [5, 5.41) is 0. The minimum absolute atomic E-state index is 0.0664. The monoisotopic (exact) mass is 393 g/mol. The van der Waals surface area contributed by atoms with Gasteiger partial charge in [-0.15, -0.1) is 0 Å². The standard InChI is InChI=1S/C20H22F3N3O2/c21-20(22,23)16-8-9-18(24-15-16)25-10-12-26(13-11-25)19(27)7-4-14-28-17-5-2-1-3-6-17/h1-3,5-6,8-9,15H,4,7,10-14H2. The van der Waals surface area contributed by atoms with Crippen LogP contribution in [-0.2, 0) is 11.0 Å². The molecular formula is C20H22F3N3O2. The summed E-state index contributed by atoms with van der Waals surface area (Å²) < 4.78 is 43.4. The number of para-hydroxylation sites is 1. The van der Waals surface area contributed by atoms with Gasteiger partial charge in [0.15, 0.2) is 0 Å². The highest BCUT2D eigenvalue weighted by atomic mass is 19.4. The number of anilines is 1. The van der Waals surface area contributed by atoms with Crippen LogP contribution in [0.3, 0.4) is 0 Å². The zero-order chi connectivity index (χ0) is 20.0. The molecule has 5 nitrogen and oxygen atoms in total. The third-order valence-electron chi connectivity index (χ3n) is 4.58. The Kier molecular flexibility index (Phi) is 6.38. The SMILES string of the molecule is O=C(CCCOc1ccccc1)N1CCN(c2ccc(C(F)(F)F)cn2)CC1. The molecule has 0 spiro atoms. The number of alkyl halides is 3. The summed E-state index contributed by atoms with van der Waals surface area (Å²) in [6.07, 6.45) is -2.50. The summed E-state index contributed by atoms with van der Waals surface area (Å²) in [5.41, 5.74) is -0.761. The lowest BCUT2D eigenvalue weighted by atomic mass is 10.2. The van der Waals surface area contributed by atoms with E-state index in [4.69, 9.17) is 4.74 Å². The quantitative estimate of drug-likeness (QED) is 0.704. The van der Waals surface area contributed by atoms with Gasteiger partial charge in [-0.1, -0.05) is 18.2 Å². The van der Waals surface area contributed by atoms with E-state index in [-0.39, 0.29) is 5.91 Å². The maximum absolute atomic E-state index is 12.6. The van der Waals surface area contributed by atoms with Crippen LogP contribution in [0.4, 0.5) is 19.0 Å². The van der Waals surface area contributed by atoms with E-state index >= 15 is 0 Å². The Morgan fingerprint density at radius 2 is 1.75 bits per heavy atom. The van der Waals surface area contributed by atoms with Crippen molar-refractivity contribution in [3.63, 3.8) is 0 Å². The Morgan fingerprint density at radius 3 is 2.36 bits per heavy atom. The zero-order valence-corrected chi connectivity index (χ0v) is 15.4. The lowest BCUT2D eigenvalue weighted by molar-refractivity contribution is -0.137. The molecular weight excluding hydrogens is 371 g/mol. The van der Waals surface area contributed by atoms with Crippen molar-refractivity contribution in [3.8, 4) is 5.75 Å². The first kappa shape index (κ1) is 20.0. The summed E-state index contributed by atoms with van der Waals surface area (Å²) in [6, 6.07) is 11.9. The van der Waals surface area contributed by atoms with Crippen molar-refractivity contribution < 1.29 is 22.7 Å². The number of hydrogen-bond donors (Lipinski definition) is 0. The molecule has 0 unspecified atom stereocenters. The molecule has 1 aromatic carbocycles. The first-order valence-electron chi connectivity index (χ1n) is 9.17. The fourth-order valence-corrected chi connectivity index (χ4v) is 3.01. The predicted octanol–water partition coefficient (Wildman–Crippen LogP) is 3.61. The van der Waals surface area contributed by atoms with Crippen LogP contribution in [-0.4, -0.2) is 48.6 Å². The van der Waals surface area contributed by atoms with Crippen LogP contribution in [0, 0.1) is 0 Å². The highest BCUT2D eigenvalue weighted by molar-refractivity contribution is 5.76. The fourth-order valence-electron chi connectivity index (χ4n) is 3.01. The second-order valence-electron chi connectivity index (χ2n) is 6.54. The number of ether oxygens (including phenoxy) is 1. The number of rotatable bonds is 6. The van der Waals surface area contributed by atoms with Crippen LogP contribution >= 0.6 is 0 Å². The van der Waals surface area contributed by atoms with Crippen molar-refractivity contribution in [3.05, 3.63) is 54.2 Å². The largest absolute Gasteiger partial charge is 0.494 e. The maximum Gasteiger partial charge on any atom is 0.417 e. The molecule has 1 fully saturated rings. The normalized spacial score (nSPS) is 14.8. The highest BCUT2D eigenvalue weighted by Gasteiger charge is 2.31. The number of carbonyl (C=O) groups is 1. The second kappa shape index (κ2) is 8.95. The van der Waals surface area contributed by atoms with E-state index < -0.39 is 11.7 Å². The molecule has 28 heavy (non-hydrogen) atoms. The number of hydrogen-bond acceptors (Lipinski definition) is 4. The number of pyridine rings is 1. The molecule has 0 saturated carbocycles. The van der Waals surface area contributed by atoms with Gasteiger partial charge in [0.25, 0.3) is 0 Å². The van der Waals surface area contributed by atoms with E-state index in [1.54, 1.807) is 4.90 Å². The van der Waals surface area contributed by atoms with Crippen molar-refractivity contribution in [2.75, 3.05) is 37.7 Å². The molecule has 0 radical (unpaired) electrons. The lowest BCUT2D eigenvalue weighted by Gasteiger charge is -2.35. The molecule has 1 saturated heterocycles. The van der Waals surface area contributed by atoms with Crippen LogP contribution in [0.15, 0.2) is 48.7 Å². The number of piperazine rings is 1. The molecule has 1 amide bonds. The van der Waals surface area contributed by atoms with Gasteiger partial charge in [-0.2, -0.15) is 13.2 Å². The smallest absolute Gasteiger partial charge is 0.417 e. The van der Waals surface area contributed by atoms with Gasteiger partial charge in [0.2, 0.25) is 5.91 Å². The number of carbonyl (C=O) groups excluding carboxylic acids is 1. The number of halogens is 3. The molecule has 8 heteroatoms. The first-order valence-corrected chi connectivity index (χ1v) is 9.17. The molecule has 1 aliphatic heterocycles. The number of benzene rings is 1. The van der Waals surface area contributed by atoms with Gasteiger partial charge in [-0.05, 0) is 30.7 Å². The Morgan fingerprint density at radius 1 is 1.04 bits per heavy atom. The van der Waals surface area contributed by atoms with Gasteiger partial charge in [0.1, 0.15) is 11.6 Å². The van der Waals surface area contributed by atoms with E-state index in [0.717, 1.165) is 18.0 Å². The highest BCUT2D eigenvalue weighted by Crippen LogP contribution is 2.29. The summed E-state index contributed by atoms with van der Waals surface area (Å²) in [5.74, 6) is 1.35. The van der Waals surface area contributed by atoms with Crippen LogP contribution in [0.1, 0.15) is 18.4 Å². The molecule has 0 aliphatic carbocycles. The summed E-state index contributed by atoms with van der Waals surface area (Å²) in [4.78, 5) is 19.9. The van der Waals surface area contributed by atoms with Crippen molar-refractivity contribution in [2.24, 2.45) is 0 Å². The topological polar surface area (TPSA) is 45.7 Å². The molecule has 3 rings (SSSR count). The summed E-state index contributed by atoms with van der Waals surface area (Å²) in [7, 11) is 0. The number of amides is 1. The molecule has 0 N–H and O–H groups in total. The zero-order valence-electron chi connectivity index (χ0n) is 15.4. The maximum atomic E-state index is 12.6. The fraction of sp³-hybridized carbons (Fsp3) is 0.400. The van der Waals surface area contributed by atoms with Gasteiger partial charge in [-0.3, -0.25) is 4.79 Å². The minimum atomic E-state index is -4.39. The van der Waals surface area contributed by atoms with Crippen molar-refractivity contribution in [1.82, 2.24) is 9.88 Å². The molecule has 0 atom stereocenters. The van der Waals surface area contributed by atoms with Gasteiger partial charge in [-0.25, -0.2) is 4.98 Å². The van der Waals surface area contributed by atoms with Crippen molar-refractivity contribution in [2.45, 2.75) is 19.0 Å². The van der Waals surface area contributed by atoms with E-state index in [1.807, 2.05) is 35.2 Å². The van der Waals surface area contributed by atoms with E-state index in [2.05, 4.69) is 4.98 Å². The molecule has 1 aromatic heterocycles. The van der Waals surface area contributed by atoms with Crippen LogP contribution in [0.5, 0.6) is 5.75 Å². The molecule has 2 heterocycles. The van der Waals surface area contributed by atoms with Crippen molar-refractivity contribution in [1.29, 1.82) is 0 Å². The van der Waals surface area contributed by atoms with E-state index in [9.17, 15) is 18.0 Å². The third-order valence-corrected chi connectivity index (χ3v) is 4.58. The van der Waals surface area contributed by atoms with Gasteiger partial charge in [0, 0.05) is 38.8 Å². The van der Waals surface area contributed by atoms with Crippen LogP contribution in [0.2, 0.25) is 0 Å². The summed E-state index contributed by atoms with van der Waals surface area (Å²) >= 11 is 0. The number of nitrogens with zero attached hydrogens (tertiary/aromatic N) is 3. The Balaban J connectivity index is 1.40. The Hall–Kier alpha value is -2.77. The first-order chi connectivity index (χ1) is 13.4. The summed E-state index contributed by atoms with van der Waals surface area (Å²) in [6.45, 7) is 2.63. The predicted molar refractivity (Wildman–Crippen MR) is 99.2 cm³/mol. The minimum Gasteiger partial charge on any atom is -0.494 e. The Labute approximate surface area is 161 Å². The van der Waals surface area contributed by atoms with Gasteiger partial charge in [0.05, 0.1) is 12.2 Å². The van der Waals surface area contributed by atoms with Crippen molar-refractivity contribution >= 4 is 11.7 Å². The Bertz CT molecular complexity index is 759. The lowest BCUT2D eigenvalue weighted by Crippen LogP contribution is -2.49. The average molecular weight is 393 g/mol. The van der Waals surface area contributed by atoms with Crippen LogP contribution in [0.25, 0.3) is 0 Å². The van der Waals surface area contributed by atoms with Crippen LogP contribution < -0.4 is 9.64 Å². The molecule has 1 aliphatic rings. The molecule has 0 bridgehead atoms. The molecule has 2 aromatic rings.